The molecule has 2 fully saturated rings. The van der Waals surface area contributed by atoms with Crippen LogP contribution in [0.25, 0.3) is 0 Å². The van der Waals surface area contributed by atoms with E-state index in [0.717, 1.165) is 38.9 Å². The van der Waals surface area contributed by atoms with Crippen LogP contribution in [0.2, 0.25) is 0 Å². The Labute approximate surface area is 156 Å². The molecule has 1 N–H and O–H groups in total. The lowest BCUT2D eigenvalue weighted by Gasteiger charge is -2.35. The zero-order chi connectivity index (χ0) is 18.5. The lowest BCUT2D eigenvalue weighted by atomic mass is 9.92. The summed E-state index contributed by atoms with van der Waals surface area (Å²) in [5.41, 5.74) is 1.32. The number of hydrogen-bond acceptors (Lipinski definition) is 3. The number of hydrogen-bond donors (Lipinski definition) is 1. The highest BCUT2D eigenvalue weighted by molar-refractivity contribution is 6.35. The Morgan fingerprint density at radius 3 is 2.27 bits per heavy atom. The lowest BCUT2D eigenvalue weighted by Crippen LogP contribution is -2.52. The minimum Gasteiger partial charge on any atom is -0.345 e. The van der Waals surface area contributed by atoms with Crippen LogP contribution in [0, 0.1) is 11.8 Å². The fraction of sp³-hybridized carbons (Fsp3) is 0.619. The van der Waals surface area contributed by atoms with Crippen LogP contribution >= 0.6 is 0 Å². The van der Waals surface area contributed by atoms with Gasteiger partial charge in [-0.25, -0.2) is 0 Å². The molecule has 1 aromatic rings. The van der Waals surface area contributed by atoms with Crippen molar-refractivity contribution in [1.29, 1.82) is 0 Å². The molecule has 5 nitrogen and oxygen atoms in total. The normalized spacial score (nSPS) is 25.1. The molecule has 2 atom stereocenters. The van der Waals surface area contributed by atoms with E-state index in [1.54, 1.807) is 4.90 Å². The highest BCUT2D eigenvalue weighted by atomic mass is 16.2. The summed E-state index contributed by atoms with van der Waals surface area (Å²) in [5, 5.41) is 2.97. The zero-order valence-corrected chi connectivity index (χ0v) is 16.0. The third-order valence-corrected chi connectivity index (χ3v) is 5.52. The van der Waals surface area contributed by atoms with Crippen LogP contribution in [0.1, 0.15) is 38.7 Å². The molecule has 3 rings (SSSR count). The summed E-state index contributed by atoms with van der Waals surface area (Å²) < 4.78 is 0. The highest BCUT2D eigenvalue weighted by Gasteiger charge is 2.31. The minimum absolute atomic E-state index is 0.109. The van der Waals surface area contributed by atoms with E-state index in [0.29, 0.717) is 24.9 Å². The predicted octanol–water partition coefficient (Wildman–Crippen LogP) is 2.27. The summed E-state index contributed by atoms with van der Waals surface area (Å²) >= 11 is 0. The van der Waals surface area contributed by atoms with Gasteiger partial charge in [0.1, 0.15) is 0 Å². The van der Waals surface area contributed by atoms with Gasteiger partial charge in [-0.1, -0.05) is 44.2 Å². The Morgan fingerprint density at radius 1 is 1.04 bits per heavy atom. The maximum Gasteiger partial charge on any atom is 0.311 e. The zero-order valence-electron chi connectivity index (χ0n) is 16.0. The van der Waals surface area contributed by atoms with Gasteiger partial charge in [-0.05, 0) is 36.7 Å². The van der Waals surface area contributed by atoms with Gasteiger partial charge in [-0.15, -0.1) is 0 Å². The monoisotopic (exact) mass is 357 g/mol. The molecule has 0 radical (unpaired) electrons. The molecule has 2 unspecified atom stereocenters. The number of likely N-dealkylation sites (tertiary alicyclic amines) is 2. The van der Waals surface area contributed by atoms with Crippen molar-refractivity contribution in [3.05, 3.63) is 35.9 Å². The van der Waals surface area contributed by atoms with Gasteiger partial charge in [0.2, 0.25) is 0 Å². The molecule has 0 saturated carbocycles. The number of nitrogens with one attached hydrogen (secondary N) is 1. The summed E-state index contributed by atoms with van der Waals surface area (Å²) in [4.78, 5) is 29.0. The van der Waals surface area contributed by atoms with Gasteiger partial charge >= 0.3 is 11.8 Å². The molecule has 2 saturated heterocycles. The first kappa shape index (κ1) is 18.9. The van der Waals surface area contributed by atoms with Crippen LogP contribution in [0.4, 0.5) is 0 Å². The number of carbonyl (C=O) groups excluding carboxylic acids is 2. The molecule has 1 aromatic carbocycles. The molecular formula is C21H31N3O2. The average molecular weight is 357 g/mol. The van der Waals surface area contributed by atoms with Crippen molar-refractivity contribution < 1.29 is 9.59 Å². The van der Waals surface area contributed by atoms with Crippen LogP contribution in [0.3, 0.4) is 0 Å². The number of piperidine rings is 2. The fourth-order valence-electron chi connectivity index (χ4n) is 4.30. The van der Waals surface area contributed by atoms with Gasteiger partial charge in [0, 0.05) is 38.8 Å². The first-order valence-corrected chi connectivity index (χ1v) is 9.87. The van der Waals surface area contributed by atoms with E-state index >= 15 is 0 Å². The maximum atomic E-state index is 12.5. The van der Waals surface area contributed by atoms with Crippen molar-refractivity contribution >= 4 is 11.8 Å². The van der Waals surface area contributed by atoms with E-state index in [2.05, 4.69) is 48.3 Å². The topological polar surface area (TPSA) is 52.7 Å². The van der Waals surface area contributed by atoms with Crippen LogP contribution < -0.4 is 5.32 Å². The number of benzene rings is 1. The Hall–Kier alpha value is -1.88. The quantitative estimate of drug-likeness (QED) is 0.845. The second kappa shape index (κ2) is 8.67. The van der Waals surface area contributed by atoms with Crippen LogP contribution in [0.15, 0.2) is 30.3 Å². The van der Waals surface area contributed by atoms with Crippen molar-refractivity contribution in [3.63, 3.8) is 0 Å². The summed E-state index contributed by atoms with van der Waals surface area (Å²) in [6, 6.07) is 10.6. The van der Waals surface area contributed by atoms with Crippen molar-refractivity contribution in [2.45, 2.75) is 45.7 Å². The molecule has 2 amide bonds. The van der Waals surface area contributed by atoms with Gasteiger partial charge in [-0.3, -0.25) is 14.5 Å². The van der Waals surface area contributed by atoms with Gasteiger partial charge < -0.3 is 10.2 Å². The molecule has 2 aliphatic rings. The van der Waals surface area contributed by atoms with Crippen molar-refractivity contribution in [3.8, 4) is 0 Å². The third kappa shape index (κ3) is 5.07. The second-order valence-electron chi connectivity index (χ2n) is 8.17. The number of carbonyl (C=O) groups is 2. The standard InChI is InChI=1S/C21H31N3O2/c1-16-12-17(2)14-24(13-16)21(26)20(25)22-19-8-10-23(11-9-19)15-18-6-4-3-5-7-18/h3-7,16-17,19H,8-15H2,1-2H3,(H,22,25). The first-order chi connectivity index (χ1) is 12.5. The van der Waals surface area contributed by atoms with Crippen LogP contribution in [-0.2, 0) is 16.1 Å². The van der Waals surface area contributed by atoms with Crippen molar-refractivity contribution in [2.24, 2.45) is 11.8 Å². The van der Waals surface area contributed by atoms with E-state index in [4.69, 9.17) is 0 Å². The minimum atomic E-state index is -0.423. The molecule has 26 heavy (non-hydrogen) atoms. The SMILES string of the molecule is CC1CC(C)CN(C(=O)C(=O)NC2CCN(Cc3ccccc3)CC2)C1. The van der Waals surface area contributed by atoms with Crippen molar-refractivity contribution in [2.75, 3.05) is 26.2 Å². The van der Waals surface area contributed by atoms with E-state index in [1.165, 1.54) is 5.56 Å². The summed E-state index contributed by atoms with van der Waals surface area (Å²) in [7, 11) is 0. The average Bonchev–Trinajstić information content (AvgIpc) is 2.63. The molecule has 0 aliphatic carbocycles. The van der Waals surface area contributed by atoms with Gasteiger partial charge in [0.15, 0.2) is 0 Å². The Kier molecular flexibility index (Phi) is 6.30. The van der Waals surface area contributed by atoms with E-state index in [-0.39, 0.29) is 11.9 Å². The second-order valence-corrected chi connectivity index (χ2v) is 8.17. The van der Waals surface area contributed by atoms with Crippen LogP contribution in [0.5, 0.6) is 0 Å². The maximum absolute atomic E-state index is 12.5. The molecule has 142 valence electrons. The molecule has 5 heteroatoms. The molecule has 2 aliphatic heterocycles. The Morgan fingerprint density at radius 2 is 1.65 bits per heavy atom. The number of rotatable bonds is 3. The van der Waals surface area contributed by atoms with Gasteiger partial charge in [0.25, 0.3) is 0 Å². The molecule has 0 bridgehead atoms. The molecule has 2 heterocycles. The highest BCUT2D eigenvalue weighted by Crippen LogP contribution is 2.21. The van der Waals surface area contributed by atoms with E-state index < -0.39 is 5.91 Å². The molecule has 0 spiro atoms. The van der Waals surface area contributed by atoms with Gasteiger partial charge in [0.05, 0.1) is 0 Å². The summed E-state index contributed by atoms with van der Waals surface area (Å²) in [5.74, 6) is 0.163. The first-order valence-electron chi connectivity index (χ1n) is 9.87. The fourth-order valence-corrected chi connectivity index (χ4v) is 4.30. The molecular weight excluding hydrogens is 326 g/mol. The van der Waals surface area contributed by atoms with E-state index in [9.17, 15) is 9.59 Å². The summed E-state index contributed by atoms with van der Waals surface area (Å²) in [6.07, 6.45) is 2.93. The lowest BCUT2D eigenvalue weighted by molar-refractivity contribution is -0.148. The van der Waals surface area contributed by atoms with Crippen LogP contribution in [-0.4, -0.2) is 53.8 Å². The smallest absolute Gasteiger partial charge is 0.311 e. The largest absolute Gasteiger partial charge is 0.345 e. The number of amides is 2. The predicted molar refractivity (Wildman–Crippen MR) is 102 cm³/mol. The van der Waals surface area contributed by atoms with E-state index in [1.807, 2.05) is 6.07 Å². The molecule has 0 aromatic heterocycles. The number of nitrogens with zero attached hydrogens (tertiary/aromatic N) is 2. The Bertz CT molecular complexity index is 601. The third-order valence-electron chi connectivity index (χ3n) is 5.52. The Balaban J connectivity index is 1.43. The van der Waals surface area contributed by atoms with Crippen molar-refractivity contribution in [1.82, 2.24) is 15.1 Å². The van der Waals surface area contributed by atoms with Gasteiger partial charge in [-0.2, -0.15) is 0 Å². The summed E-state index contributed by atoms with van der Waals surface area (Å²) in [6.45, 7) is 8.55.